The number of likely N-dealkylation sites (tertiary alicyclic amines) is 1. The number of nitrogens with zero attached hydrogens (tertiary/aromatic N) is 1. The van der Waals surface area contributed by atoms with Crippen LogP contribution >= 0.6 is 0 Å². The summed E-state index contributed by atoms with van der Waals surface area (Å²) in [6.45, 7) is 8.85. The van der Waals surface area contributed by atoms with Gasteiger partial charge in [-0.2, -0.15) is 0 Å². The number of rotatable bonds is 2. The molecule has 2 aliphatic heterocycles. The average Bonchev–Trinajstić information content (AvgIpc) is 2.86. The molecule has 0 aliphatic carbocycles. The minimum Gasteiger partial charge on any atom is -0.444 e. The molecule has 2 atom stereocenters. The highest BCUT2D eigenvalue weighted by Crippen LogP contribution is 2.16. The quantitative estimate of drug-likeness (QED) is 0.811. The van der Waals surface area contributed by atoms with Crippen LogP contribution in [-0.2, 0) is 9.47 Å². The van der Waals surface area contributed by atoms with Crippen molar-refractivity contribution < 1.29 is 14.3 Å². The standard InChI is InChI=1S/C13H24N2O3/c1-13(2,3)18-12(16)15-6-4-10(8-15)14-11-5-7-17-9-11/h10-11,14H,4-9H2,1-3H3/t10-,11+/m0/s1. The predicted molar refractivity (Wildman–Crippen MR) is 68.6 cm³/mol. The molecular formula is C13H24N2O3. The van der Waals surface area contributed by atoms with E-state index in [1.54, 1.807) is 4.90 Å². The summed E-state index contributed by atoms with van der Waals surface area (Å²) < 4.78 is 10.7. The van der Waals surface area contributed by atoms with E-state index < -0.39 is 5.60 Å². The van der Waals surface area contributed by atoms with Gasteiger partial charge < -0.3 is 19.7 Å². The van der Waals surface area contributed by atoms with Crippen LogP contribution in [0.25, 0.3) is 0 Å². The first-order valence-electron chi connectivity index (χ1n) is 6.76. The van der Waals surface area contributed by atoms with E-state index in [2.05, 4.69) is 5.32 Å². The molecule has 2 rings (SSSR count). The van der Waals surface area contributed by atoms with Crippen molar-refractivity contribution in [2.24, 2.45) is 0 Å². The molecule has 2 aliphatic rings. The van der Waals surface area contributed by atoms with E-state index in [4.69, 9.17) is 9.47 Å². The molecule has 18 heavy (non-hydrogen) atoms. The molecule has 2 fully saturated rings. The lowest BCUT2D eigenvalue weighted by Crippen LogP contribution is -2.42. The Morgan fingerprint density at radius 3 is 2.72 bits per heavy atom. The summed E-state index contributed by atoms with van der Waals surface area (Å²) in [5, 5.41) is 3.55. The Labute approximate surface area is 109 Å². The highest BCUT2D eigenvalue weighted by Gasteiger charge is 2.31. The molecule has 0 aromatic carbocycles. The number of amides is 1. The van der Waals surface area contributed by atoms with Gasteiger partial charge in [-0.1, -0.05) is 0 Å². The molecule has 0 unspecified atom stereocenters. The largest absolute Gasteiger partial charge is 0.444 e. The first kappa shape index (κ1) is 13.6. The fourth-order valence-corrected chi connectivity index (χ4v) is 2.39. The van der Waals surface area contributed by atoms with E-state index in [1.165, 1.54) is 0 Å². The lowest BCUT2D eigenvalue weighted by molar-refractivity contribution is 0.0290. The van der Waals surface area contributed by atoms with Crippen molar-refractivity contribution in [1.82, 2.24) is 10.2 Å². The number of carbonyl (C=O) groups excluding carboxylic acids is 1. The molecule has 0 aromatic heterocycles. The van der Waals surface area contributed by atoms with Crippen LogP contribution < -0.4 is 5.32 Å². The van der Waals surface area contributed by atoms with Gasteiger partial charge in [0, 0.05) is 31.8 Å². The van der Waals surface area contributed by atoms with E-state index in [9.17, 15) is 4.79 Å². The maximum absolute atomic E-state index is 11.9. The minimum absolute atomic E-state index is 0.200. The van der Waals surface area contributed by atoms with Gasteiger partial charge in [0.1, 0.15) is 5.60 Å². The Bertz CT molecular complexity index is 295. The maximum Gasteiger partial charge on any atom is 0.410 e. The van der Waals surface area contributed by atoms with E-state index >= 15 is 0 Å². The molecule has 0 aromatic rings. The van der Waals surface area contributed by atoms with E-state index in [1.807, 2.05) is 20.8 Å². The zero-order valence-electron chi connectivity index (χ0n) is 11.6. The van der Waals surface area contributed by atoms with Crippen molar-refractivity contribution in [1.29, 1.82) is 0 Å². The van der Waals surface area contributed by atoms with Crippen LogP contribution in [0.2, 0.25) is 0 Å². The molecular weight excluding hydrogens is 232 g/mol. The molecule has 2 heterocycles. The second kappa shape index (κ2) is 5.45. The average molecular weight is 256 g/mol. The third-order valence-electron chi connectivity index (χ3n) is 3.24. The number of ether oxygens (including phenoxy) is 2. The number of hydrogen-bond donors (Lipinski definition) is 1. The highest BCUT2D eigenvalue weighted by atomic mass is 16.6. The number of hydrogen-bond acceptors (Lipinski definition) is 4. The summed E-state index contributed by atoms with van der Waals surface area (Å²) in [5.74, 6) is 0. The first-order chi connectivity index (χ1) is 8.44. The molecule has 5 heteroatoms. The Hall–Kier alpha value is -0.810. The van der Waals surface area contributed by atoms with Crippen molar-refractivity contribution in [3.05, 3.63) is 0 Å². The molecule has 0 radical (unpaired) electrons. The van der Waals surface area contributed by atoms with Gasteiger partial charge in [0.15, 0.2) is 0 Å². The molecule has 2 saturated heterocycles. The van der Waals surface area contributed by atoms with Gasteiger partial charge in [-0.05, 0) is 33.6 Å². The maximum atomic E-state index is 11.9. The summed E-state index contributed by atoms with van der Waals surface area (Å²) in [4.78, 5) is 13.7. The smallest absolute Gasteiger partial charge is 0.410 e. The van der Waals surface area contributed by atoms with Crippen molar-refractivity contribution in [3.8, 4) is 0 Å². The number of carbonyl (C=O) groups is 1. The topological polar surface area (TPSA) is 50.8 Å². The van der Waals surface area contributed by atoms with Crippen LogP contribution in [0.4, 0.5) is 4.79 Å². The number of nitrogens with one attached hydrogen (secondary N) is 1. The van der Waals surface area contributed by atoms with Crippen LogP contribution in [0.5, 0.6) is 0 Å². The van der Waals surface area contributed by atoms with Crippen LogP contribution in [0.1, 0.15) is 33.6 Å². The van der Waals surface area contributed by atoms with Crippen molar-refractivity contribution in [3.63, 3.8) is 0 Å². The summed E-state index contributed by atoms with van der Waals surface area (Å²) in [5.41, 5.74) is -0.415. The Morgan fingerprint density at radius 2 is 2.11 bits per heavy atom. The minimum atomic E-state index is -0.415. The molecule has 0 bridgehead atoms. The molecule has 5 nitrogen and oxygen atoms in total. The summed E-state index contributed by atoms with van der Waals surface area (Å²) >= 11 is 0. The SMILES string of the molecule is CC(C)(C)OC(=O)N1CC[C@H](N[C@@H]2CCOC2)C1. The van der Waals surface area contributed by atoms with Crippen LogP contribution in [0.3, 0.4) is 0 Å². The van der Waals surface area contributed by atoms with Gasteiger partial charge in [-0.15, -0.1) is 0 Å². The Kier molecular flexibility index (Phi) is 4.12. The summed E-state index contributed by atoms with van der Waals surface area (Å²) in [7, 11) is 0. The first-order valence-corrected chi connectivity index (χ1v) is 6.76. The predicted octanol–water partition coefficient (Wildman–Crippen LogP) is 1.37. The summed E-state index contributed by atoms with van der Waals surface area (Å²) in [6.07, 6.45) is 1.87. The third-order valence-corrected chi connectivity index (χ3v) is 3.24. The monoisotopic (exact) mass is 256 g/mol. The van der Waals surface area contributed by atoms with Gasteiger partial charge >= 0.3 is 6.09 Å². The normalized spacial score (nSPS) is 28.7. The van der Waals surface area contributed by atoms with Crippen LogP contribution in [0.15, 0.2) is 0 Å². The fraction of sp³-hybridized carbons (Fsp3) is 0.923. The van der Waals surface area contributed by atoms with Crippen molar-refractivity contribution >= 4 is 6.09 Å². The Balaban J connectivity index is 1.75. The second-order valence-electron chi connectivity index (χ2n) is 6.14. The molecule has 0 saturated carbocycles. The molecule has 104 valence electrons. The Morgan fingerprint density at radius 1 is 1.33 bits per heavy atom. The molecule has 1 amide bonds. The van der Waals surface area contributed by atoms with E-state index in [0.717, 1.165) is 39.1 Å². The van der Waals surface area contributed by atoms with Gasteiger partial charge in [-0.3, -0.25) is 0 Å². The second-order valence-corrected chi connectivity index (χ2v) is 6.14. The van der Waals surface area contributed by atoms with Gasteiger partial charge in [0.25, 0.3) is 0 Å². The third kappa shape index (κ3) is 3.85. The zero-order valence-corrected chi connectivity index (χ0v) is 11.6. The summed E-state index contributed by atoms with van der Waals surface area (Å²) in [6, 6.07) is 0.831. The molecule has 0 spiro atoms. The lowest BCUT2D eigenvalue weighted by Gasteiger charge is -2.24. The lowest BCUT2D eigenvalue weighted by atomic mass is 10.2. The van der Waals surface area contributed by atoms with Crippen molar-refractivity contribution in [2.75, 3.05) is 26.3 Å². The van der Waals surface area contributed by atoms with Gasteiger partial charge in [0.2, 0.25) is 0 Å². The zero-order chi connectivity index (χ0) is 13.2. The van der Waals surface area contributed by atoms with Crippen LogP contribution in [-0.4, -0.2) is 55.0 Å². The highest BCUT2D eigenvalue weighted by molar-refractivity contribution is 5.68. The van der Waals surface area contributed by atoms with E-state index in [0.29, 0.717) is 12.1 Å². The van der Waals surface area contributed by atoms with Crippen LogP contribution in [0, 0.1) is 0 Å². The van der Waals surface area contributed by atoms with E-state index in [-0.39, 0.29) is 6.09 Å². The molecule has 1 N–H and O–H groups in total. The fourth-order valence-electron chi connectivity index (χ4n) is 2.39. The van der Waals surface area contributed by atoms with Crippen molar-refractivity contribution in [2.45, 2.75) is 51.3 Å². The van der Waals surface area contributed by atoms with Gasteiger partial charge in [-0.25, -0.2) is 4.79 Å². The van der Waals surface area contributed by atoms with Gasteiger partial charge in [0.05, 0.1) is 6.61 Å².